The van der Waals surface area contributed by atoms with E-state index in [1.807, 2.05) is 30.3 Å². The first kappa shape index (κ1) is 15.8. The molecule has 1 aromatic carbocycles. The normalized spacial score (nSPS) is 11.2. The number of pyridine rings is 1. The third kappa shape index (κ3) is 4.21. The van der Waals surface area contributed by atoms with E-state index in [9.17, 15) is 0 Å². The number of hydrogen-bond donors (Lipinski definition) is 6. The van der Waals surface area contributed by atoms with Gasteiger partial charge in [0.2, 0.25) is 0 Å². The van der Waals surface area contributed by atoms with Crippen LogP contribution in [0.3, 0.4) is 0 Å². The van der Waals surface area contributed by atoms with Crippen LogP contribution >= 0.6 is 11.8 Å². The van der Waals surface area contributed by atoms with Crippen molar-refractivity contribution in [2.45, 2.75) is 4.90 Å². The Kier molecular flexibility index (Phi) is 5.34. The standard InChI is InChI=1S/C14H19N7S/c15-12-6-11(13(16)14(17)20-12)22-8-10(21-18)7-19-9-4-2-1-3-5-9/h1-7,19,21H,8,16,18H2,(H4,15,17,20)/b10-7-. The van der Waals surface area contributed by atoms with Crippen molar-refractivity contribution in [2.24, 2.45) is 5.84 Å². The zero-order valence-corrected chi connectivity index (χ0v) is 12.7. The molecule has 0 spiro atoms. The fourth-order valence-electron chi connectivity index (χ4n) is 1.67. The van der Waals surface area contributed by atoms with Gasteiger partial charge in [0.05, 0.1) is 11.4 Å². The largest absolute Gasteiger partial charge is 0.395 e. The molecule has 0 radical (unpaired) electrons. The van der Waals surface area contributed by atoms with Crippen LogP contribution in [0.25, 0.3) is 0 Å². The predicted molar refractivity (Wildman–Crippen MR) is 93.7 cm³/mol. The van der Waals surface area contributed by atoms with E-state index in [4.69, 9.17) is 23.0 Å². The fraction of sp³-hybridized carbons (Fsp3) is 0.0714. The van der Waals surface area contributed by atoms with Gasteiger partial charge >= 0.3 is 0 Å². The molecule has 0 aliphatic carbocycles. The smallest absolute Gasteiger partial charge is 0.150 e. The second kappa shape index (κ2) is 7.43. The number of para-hydroxylation sites is 1. The summed E-state index contributed by atoms with van der Waals surface area (Å²) in [5.74, 6) is 6.68. The van der Waals surface area contributed by atoms with Gasteiger partial charge in [-0.2, -0.15) is 0 Å². The van der Waals surface area contributed by atoms with Gasteiger partial charge in [-0.1, -0.05) is 18.2 Å². The lowest BCUT2D eigenvalue weighted by atomic mass is 10.3. The molecule has 0 unspecified atom stereocenters. The Balaban J connectivity index is 2.02. The van der Waals surface area contributed by atoms with Crippen molar-refractivity contribution in [1.29, 1.82) is 0 Å². The molecule has 22 heavy (non-hydrogen) atoms. The van der Waals surface area contributed by atoms with Gasteiger partial charge in [0.1, 0.15) is 11.6 Å². The highest BCUT2D eigenvalue weighted by Gasteiger charge is 2.07. The molecule has 0 fully saturated rings. The molecule has 7 nitrogen and oxygen atoms in total. The molecule has 0 aliphatic rings. The number of nitrogen functional groups attached to an aromatic ring is 3. The predicted octanol–water partition coefficient (Wildman–Crippen LogP) is 1.34. The van der Waals surface area contributed by atoms with Gasteiger partial charge < -0.3 is 27.9 Å². The molecule has 0 saturated heterocycles. The van der Waals surface area contributed by atoms with Crippen molar-refractivity contribution < 1.29 is 0 Å². The number of nitrogens with zero attached hydrogens (tertiary/aromatic N) is 1. The quantitative estimate of drug-likeness (QED) is 0.266. The van der Waals surface area contributed by atoms with Crippen molar-refractivity contribution in [1.82, 2.24) is 10.4 Å². The van der Waals surface area contributed by atoms with Crippen LogP contribution < -0.4 is 33.8 Å². The van der Waals surface area contributed by atoms with E-state index in [0.717, 1.165) is 16.3 Å². The van der Waals surface area contributed by atoms with Crippen molar-refractivity contribution in [3.05, 3.63) is 48.3 Å². The molecular formula is C14H19N7S. The number of thioether (sulfide) groups is 1. The average molecular weight is 317 g/mol. The van der Waals surface area contributed by atoms with Gasteiger partial charge in [-0.25, -0.2) is 4.98 Å². The van der Waals surface area contributed by atoms with Gasteiger partial charge in [-0.15, -0.1) is 11.8 Å². The molecule has 1 heterocycles. The van der Waals surface area contributed by atoms with Crippen LogP contribution in [-0.4, -0.2) is 10.7 Å². The lowest BCUT2D eigenvalue weighted by Crippen LogP contribution is -2.23. The van der Waals surface area contributed by atoms with Crippen LogP contribution in [0.15, 0.2) is 53.2 Å². The summed E-state index contributed by atoms with van der Waals surface area (Å²) in [4.78, 5) is 4.68. The number of nitrogens with one attached hydrogen (secondary N) is 2. The van der Waals surface area contributed by atoms with Crippen molar-refractivity contribution in [3.63, 3.8) is 0 Å². The monoisotopic (exact) mass is 317 g/mol. The first-order valence-electron chi connectivity index (χ1n) is 6.51. The summed E-state index contributed by atoms with van der Waals surface area (Å²) in [5, 5.41) is 3.16. The number of hydrazine groups is 1. The molecule has 0 atom stereocenters. The highest BCUT2D eigenvalue weighted by Crippen LogP contribution is 2.30. The Hall–Kier alpha value is -2.58. The second-order valence-corrected chi connectivity index (χ2v) is 5.47. The minimum atomic E-state index is 0.233. The van der Waals surface area contributed by atoms with Crippen LogP contribution in [0.2, 0.25) is 0 Å². The van der Waals surface area contributed by atoms with Crippen LogP contribution in [-0.2, 0) is 0 Å². The third-order valence-corrected chi connectivity index (χ3v) is 3.93. The fourth-order valence-corrected chi connectivity index (χ4v) is 2.62. The number of hydrogen-bond acceptors (Lipinski definition) is 8. The summed E-state index contributed by atoms with van der Waals surface area (Å²) in [6, 6.07) is 11.5. The molecular weight excluding hydrogens is 298 g/mol. The minimum Gasteiger partial charge on any atom is -0.395 e. The van der Waals surface area contributed by atoms with E-state index < -0.39 is 0 Å². The summed E-state index contributed by atoms with van der Waals surface area (Å²) in [6.07, 6.45) is 1.80. The molecule has 0 bridgehead atoms. The van der Waals surface area contributed by atoms with Gasteiger partial charge in [-0.05, 0) is 18.2 Å². The van der Waals surface area contributed by atoms with Crippen molar-refractivity contribution >= 4 is 34.8 Å². The maximum absolute atomic E-state index is 5.89. The highest BCUT2D eigenvalue weighted by atomic mass is 32.2. The van der Waals surface area contributed by atoms with E-state index >= 15 is 0 Å². The van der Waals surface area contributed by atoms with E-state index in [2.05, 4.69) is 15.7 Å². The number of aromatic nitrogens is 1. The van der Waals surface area contributed by atoms with E-state index in [1.165, 1.54) is 11.8 Å². The molecule has 0 aliphatic heterocycles. The molecule has 1 aromatic heterocycles. The van der Waals surface area contributed by atoms with Crippen molar-refractivity contribution in [2.75, 3.05) is 28.3 Å². The summed E-state index contributed by atoms with van der Waals surface area (Å²) < 4.78 is 0. The topological polar surface area (TPSA) is 141 Å². The Morgan fingerprint density at radius 1 is 1.18 bits per heavy atom. The minimum absolute atomic E-state index is 0.233. The second-order valence-electron chi connectivity index (χ2n) is 4.46. The number of benzene rings is 1. The van der Waals surface area contributed by atoms with E-state index in [1.54, 1.807) is 12.3 Å². The zero-order chi connectivity index (χ0) is 15.9. The van der Waals surface area contributed by atoms with Crippen LogP contribution in [0.1, 0.15) is 0 Å². The molecule has 8 heteroatoms. The molecule has 116 valence electrons. The Labute approximate surface area is 133 Å². The van der Waals surface area contributed by atoms with Gasteiger partial charge in [-0.3, -0.25) is 5.84 Å². The first-order valence-corrected chi connectivity index (χ1v) is 7.50. The molecule has 0 amide bonds. The Morgan fingerprint density at radius 3 is 2.59 bits per heavy atom. The maximum atomic E-state index is 5.89. The van der Waals surface area contributed by atoms with Crippen LogP contribution in [0.4, 0.5) is 23.0 Å². The van der Waals surface area contributed by atoms with E-state index in [0.29, 0.717) is 17.3 Å². The number of rotatable bonds is 6. The van der Waals surface area contributed by atoms with Gasteiger partial charge in [0.15, 0.2) is 0 Å². The Bertz CT molecular complexity index is 658. The summed E-state index contributed by atoms with van der Waals surface area (Å²) >= 11 is 1.47. The number of nitrogens with two attached hydrogens (primary N) is 4. The Morgan fingerprint density at radius 2 is 1.91 bits per heavy atom. The first-order chi connectivity index (χ1) is 10.6. The molecule has 10 N–H and O–H groups in total. The lowest BCUT2D eigenvalue weighted by Gasteiger charge is -2.11. The van der Waals surface area contributed by atoms with Crippen LogP contribution in [0.5, 0.6) is 0 Å². The van der Waals surface area contributed by atoms with Gasteiger partial charge in [0.25, 0.3) is 0 Å². The third-order valence-electron chi connectivity index (χ3n) is 2.83. The van der Waals surface area contributed by atoms with Gasteiger partial charge in [0, 0.05) is 22.5 Å². The molecule has 2 rings (SSSR count). The zero-order valence-electron chi connectivity index (χ0n) is 11.9. The molecule has 2 aromatic rings. The maximum Gasteiger partial charge on any atom is 0.150 e. The summed E-state index contributed by atoms with van der Waals surface area (Å²) in [6.45, 7) is 0. The van der Waals surface area contributed by atoms with E-state index in [-0.39, 0.29) is 5.82 Å². The average Bonchev–Trinajstić information content (AvgIpc) is 2.52. The summed E-state index contributed by atoms with van der Waals surface area (Å²) in [5.41, 5.74) is 22.1. The SMILES string of the molecule is NN/C(=C\Nc1ccccc1)CSc1cc(N)nc(N)c1N. The summed E-state index contributed by atoms with van der Waals surface area (Å²) in [7, 11) is 0. The number of anilines is 4. The lowest BCUT2D eigenvalue weighted by molar-refractivity contribution is 0.888. The van der Waals surface area contributed by atoms with Crippen molar-refractivity contribution in [3.8, 4) is 0 Å². The van der Waals surface area contributed by atoms with Crippen LogP contribution in [0, 0.1) is 0 Å². The molecule has 0 saturated carbocycles. The highest BCUT2D eigenvalue weighted by molar-refractivity contribution is 7.99.